The average molecular weight is 364 g/mol. The molecule has 0 aliphatic heterocycles. The number of nitro groups is 2. The number of hydrogen-bond acceptors (Lipinski definition) is 7. The summed E-state index contributed by atoms with van der Waals surface area (Å²) in [7, 11) is 0. The van der Waals surface area contributed by atoms with Crippen LogP contribution in [0.1, 0.15) is 5.56 Å². The Bertz CT molecular complexity index is 823. The second kappa shape index (κ2) is 8.06. The second-order valence-corrected chi connectivity index (χ2v) is 5.30. The number of nitro benzene ring substituents is 2. The predicted molar refractivity (Wildman–Crippen MR) is 91.6 cm³/mol. The van der Waals surface area contributed by atoms with Crippen LogP contribution < -0.4 is 10.4 Å². The normalized spacial score (nSPS) is 10.8. The Morgan fingerprint density at radius 1 is 1.12 bits per heavy atom. The summed E-state index contributed by atoms with van der Waals surface area (Å²) < 4.78 is 0. The van der Waals surface area contributed by atoms with Crippen molar-refractivity contribution in [1.29, 1.82) is 0 Å². The maximum atomic E-state index is 11.9. The van der Waals surface area contributed by atoms with E-state index in [-0.39, 0.29) is 22.8 Å². The fourth-order valence-corrected chi connectivity index (χ4v) is 2.18. The lowest BCUT2D eigenvalue weighted by Crippen LogP contribution is -2.06. The molecule has 0 aliphatic carbocycles. The highest BCUT2D eigenvalue weighted by Crippen LogP contribution is 2.29. The van der Waals surface area contributed by atoms with Gasteiger partial charge in [-0.2, -0.15) is 0 Å². The topological polar surface area (TPSA) is 134 Å². The van der Waals surface area contributed by atoms with E-state index in [4.69, 9.17) is 11.6 Å². The van der Waals surface area contributed by atoms with Gasteiger partial charge in [-0.25, -0.2) is 0 Å². The van der Waals surface area contributed by atoms with E-state index in [0.717, 1.165) is 6.07 Å². The van der Waals surface area contributed by atoms with Crippen LogP contribution in [0.5, 0.6) is 5.75 Å². The predicted octanol–water partition coefficient (Wildman–Crippen LogP) is 2.76. The lowest BCUT2D eigenvalue weighted by Gasteiger charge is -2.10. The van der Waals surface area contributed by atoms with Gasteiger partial charge in [0, 0.05) is 41.7 Å². The highest BCUT2D eigenvalue weighted by molar-refractivity contribution is 6.31. The van der Waals surface area contributed by atoms with Crippen molar-refractivity contribution in [3.8, 4) is 5.75 Å². The number of rotatable bonds is 7. The smallest absolute Gasteiger partial charge is 0.269 e. The fourth-order valence-electron chi connectivity index (χ4n) is 1.96. The van der Waals surface area contributed by atoms with E-state index in [9.17, 15) is 25.3 Å². The van der Waals surface area contributed by atoms with Gasteiger partial charge in [0.2, 0.25) is 0 Å². The molecular formula is C15H12ClN4O5-. The van der Waals surface area contributed by atoms with Crippen molar-refractivity contribution >= 4 is 34.9 Å². The largest absolute Gasteiger partial charge is 0.867 e. The molecule has 0 aliphatic rings. The van der Waals surface area contributed by atoms with Gasteiger partial charge in [-0.15, -0.1) is 0 Å². The number of nitrogens with zero attached hydrogens (tertiary/aromatic N) is 3. The van der Waals surface area contributed by atoms with E-state index in [1.807, 2.05) is 0 Å². The summed E-state index contributed by atoms with van der Waals surface area (Å²) in [6.45, 7) is 0.696. The third-order valence-corrected chi connectivity index (χ3v) is 3.36. The minimum atomic E-state index is -0.790. The molecule has 25 heavy (non-hydrogen) atoms. The maximum Gasteiger partial charge on any atom is 0.269 e. The third-order valence-electron chi connectivity index (χ3n) is 3.14. The first kappa shape index (κ1) is 18.1. The van der Waals surface area contributed by atoms with Crippen LogP contribution in [0, 0.1) is 20.2 Å². The van der Waals surface area contributed by atoms with Gasteiger partial charge in [-0.1, -0.05) is 11.6 Å². The van der Waals surface area contributed by atoms with E-state index in [0.29, 0.717) is 12.2 Å². The Morgan fingerprint density at radius 3 is 2.40 bits per heavy atom. The molecule has 0 heterocycles. The molecule has 0 saturated heterocycles. The van der Waals surface area contributed by atoms with Crippen LogP contribution >= 0.6 is 11.6 Å². The fraction of sp³-hybridized carbons (Fsp3) is 0.133. The minimum Gasteiger partial charge on any atom is -0.867 e. The van der Waals surface area contributed by atoms with Crippen LogP contribution in [0.4, 0.5) is 17.1 Å². The van der Waals surface area contributed by atoms with Gasteiger partial charge in [0.15, 0.2) is 0 Å². The molecule has 0 atom stereocenters. The number of non-ortho nitro benzene ring substituents is 1. The van der Waals surface area contributed by atoms with Crippen molar-refractivity contribution in [3.63, 3.8) is 0 Å². The minimum absolute atomic E-state index is 0.00547. The van der Waals surface area contributed by atoms with E-state index in [1.165, 1.54) is 24.4 Å². The summed E-state index contributed by atoms with van der Waals surface area (Å²) in [6, 6.07) is 8.19. The lowest BCUT2D eigenvalue weighted by molar-refractivity contribution is -0.398. The van der Waals surface area contributed by atoms with Crippen LogP contribution in [-0.2, 0) is 0 Å². The Morgan fingerprint density at radius 2 is 1.80 bits per heavy atom. The Balaban J connectivity index is 1.93. The molecule has 0 aromatic heterocycles. The van der Waals surface area contributed by atoms with Crippen molar-refractivity contribution in [2.45, 2.75) is 0 Å². The Labute approximate surface area is 146 Å². The van der Waals surface area contributed by atoms with Gasteiger partial charge in [-0.05, 0) is 29.5 Å². The monoisotopic (exact) mass is 363 g/mol. The third kappa shape index (κ3) is 4.88. The molecule has 0 radical (unpaired) electrons. The number of aliphatic imine (C=N–C) groups is 1. The molecule has 10 heteroatoms. The number of hydrogen-bond donors (Lipinski definition) is 1. The summed E-state index contributed by atoms with van der Waals surface area (Å²) >= 11 is 5.76. The van der Waals surface area contributed by atoms with Crippen molar-refractivity contribution in [2.75, 3.05) is 18.4 Å². The van der Waals surface area contributed by atoms with Gasteiger partial charge in [-0.3, -0.25) is 25.2 Å². The quantitative estimate of drug-likeness (QED) is 0.348. The molecule has 2 aromatic rings. The highest BCUT2D eigenvalue weighted by atomic mass is 35.5. The molecule has 0 spiro atoms. The SMILES string of the molecule is O=[N+]([O-])c1ccc(NCCN=Cc2cc(Cl)cc([N+](=O)[O-])c2[O-])cc1. The summed E-state index contributed by atoms with van der Waals surface area (Å²) in [4.78, 5) is 24.1. The molecule has 1 N–H and O–H groups in total. The molecule has 0 unspecified atom stereocenters. The van der Waals surface area contributed by atoms with E-state index in [1.54, 1.807) is 12.1 Å². The van der Waals surface area contributed by atoms with Gasteiger partial charge < -0.3 is 10.4 Å². The molecule has 0 saturated carbocycles. The molecule has 130 valence electrons. The zero-order chi connectivity index (χ0) is 18.4. The number of halogens is 1. The molecule has 0 amide bonds. The second-order valence-electron chi connectivity index (χ2n) is 4.87. The molecule has 0 fully saturated rings. The summed E-state index contributed by atoms with van der Waals surface area (Å²) in [5.41, 5.74) is 0.116. The van der Waals surface area contributed by atoms with E-state index >= 15 is 0 Å². The summed E-state index contributed by atoms with van der Waals surface area (Å²) in [5, 5.41) is 36.3. The lowest BCUT2D eigenvalue weighted by atomic mass is 10.2. The van der Waals surface area contributed by atoms with Crippen LogP contribution in [0.25, 0.3) is 0 Å². The first-order valence-corrected chi connectivity index (χ1v) is 7.39. The first-order chi connectivity index (χ1) is 11.9. The van der Waals surface area contributed by atoms with Crippen LogP contribution in [-0.4, -0.2) is 29.2 Å². The maximum absolute atomic E-state index is 11.9. The highest BCUT2D eigenvalue weighted by Gasteiger charge is 2.11. The Hall–Kier alpha value is -3.20. The molecule has 0 bridgehead atoms. The van der Waals surface area contributed by atoms with Gasteiger partial charge in [0.1, 0.15) is 0 Å². The number of anilines is 1. The van der Waals surface area contributed by atoms with Crippen molar-refractivity contribution in [1.82, 2.24) is 0 Å². The van der Waals surface area contributed by atoms with Gasteiger partial charge in [0.05, 0.1) is 16.4 Å². The van der Waals surface area contributed by atoms with Crippen LogP contribution in [0.2, 0.25) is 5.02 Å². The van der Waals surface area contributed by atoms with Crippen molar-refractivity contribution < 1.29 is 15.0 Å². The Kier molecular flexibility index (Phi) is 5.85. The van der Waals surface area contributed by atoms with E-state index in [2.05, 4.69) is 10.3 Å². The van der Waals surface area contributed by atoms with Crippen LogP contribution in [0.15, 0.2) is 41.4 Å². The number of nitrogens with one attached hydrogen (secondary N) is 1. The van der Waals surface area contributed by atoms with Crippen molar-refractivity contribution in [2.24, 2.45) is 4.99 Å². The zero-order valence-electron chi connectivity index (χ0n) is 12.7. The van der Waals surface area contributed by atoms with Gasteiger partial charge in [0.25, 0.3) is 11.4 Å². The zero-order valence-corrected chi connectivity index (χ0v) is 13.5. The van der Waals surface area contributed by atoms with Crippen molar-refractivity contribution in [3.05, 3.63) is 67.2 Å². The molecular weight excluding hydrogens is 352 g/mol. The van der Waals surface area contributed by atoms with Gasteiger partial charge >= 0.3 is 0 Å². The molecule has 2 rings (SSSR count). The van der Waals surface area contributed by atoms with E-state index < -0.39 is 21.3 Å². The first-order valence-electron chi connectivity index (χ1n) is 7.01. The molecule has 9 nitrogen and oxygen atoms in total. The van der Waals surface area contributed by atoms with Crippen LogP contribution in [0.3, 0.4) is 0 Å². The standard InChI is InChI=1S/C15H13ClN4O5/c16-11-7-10(15(21)14(8-11)20(24)25)9-17-5-6-18-12-1-3-13(4-2-12)19(22)23/h1-4,7-9,18,21H,5-6H2/p-1. The summed E-state index contributed by atoms with van der Waals surface area (Å²) in [6.07, 6.45) is 1.23. The summed E-state index contributed by atoms with van der Waals surface area (Å²) in [5.74, 6) is -0.749. The number of benzene rings is 2. The molecule has 2 aromatic carbocycles. The average Bonchev–Trinajstić information content (AvgIpc) is 2.57.